The fourth-order valence-corrected chi connectivity index (χ4v) is 1.06. The number of anilines is 2. The lowest BCUT2D eigenvalue weighted by atomic mass is 10.6. The number of rotatable bonds is 3. The van der Waals surface area contributed by atoms with Crippen LogP contribution >= 0.6 is 0 Å². The predicted molar refractivity (Wildman–Crippen MR) is 55.1 cm³/mol. The number of aromatic nitrogens is 5. The average Bonchev–Trinajstić information content (AvgIpc) is 2.65. The van der Waals surface area contributed by atoms with Crippen molar-refractivity contribution >= 4 is 17.8 Å². The fraction of sp³-hybridized carbons (Fsp3) is 0.125. The highest BCUT2D eigenvalue weighted by molar-refractivity contribution is 5.88. The number of nitrogens with one attached hydrogen (secondary N) is 1. The van der Waals surface area contributed by atoms with E-state index >= 15 is 0 Å². The number of hydrogen-bond acceptors (Lipinski definition) is 6. The van der Waals surface area contributed by atoms with Crippen LogP contribution in [-0.2, 0) is 11.3 Å². The molecule has 8 heteroatoms. The molecule has 0 aliphatic heterocycles. The Bertz CT molecular complexity index is 480. The van der Waals surface area contributed by atoms with E-state index in [1.807, 2.05) is 0 Å². The summed E-state index contributed by atoms with van der Waals surface area (Å²) in [5.74, 6) is 0.0837. The largest absolute Gasteiger partial charge is 0.367 e. The molecule has 0 unspecified atom stereocenters. The van der Waals surface area contributed by atoms with Gasteiger partial charge in [-0.3, -0.25) is 10.1 Å². The zero-order chi connectivity index (χ0) is 11.4. The lowest BCUT2D eigenvalue weighted by molar-refractivity contribution is -0.116. The van der Waals surface area contributed by atoms with Crippen LogP contribution < -0.4 is 11.1 Å². The van der Waals surface area contributed by atoms with Crippen LogP contribution in [0.1, 0.15) is 0 Å². The number of carbonyl (C=O) groups is 1. The second-order valence-electron chi connectivity index (χ2n) is 2.92. The molecule has 82 valence electrons. The molecular weight excluding hydrogens is 210 g/mol. The zero-order valence-corrected chi connectivity index (χ0v) is 8.24. The summed E-state index contributed by atoms with van der Waals surface area (Å²) < 4.78 is 1.33. The molecular formula is C8H9N7O. The van der Waals surface area contributed by atoms with E-state index in [1.165, 1.54) is 23.4 Å². The molecule has 16 heavy (non-hydrogen) atoms. The molecule has 0 aliphatic rings. The van der Waals surface area contributed by atoms with Crippen LogP contribution in [0.4, 0.5) is 11.9 Å². The zero-order valence-electron chi connectivity index (χ0n) is 8.24. The Morgan fingerprint density at radius 2 is 2.12 bits per heavy atom. The number of nitrogens with two attached hydrogens (primary N) is 1. The minimum atomic E-state index is -0.295. The third kappa shape index (κ3) is 2.50. The van der Waals surface area contributed by atoms with E-state index in [-0.39, 0.29) is 24.3 Å². The number of carbonyl (C=O) groups excluding carboxylic acids is 1. The average molecular weight is 219 g/mol. The van der Waals surface area contributed by atoms with Crippen LogP contribution in [-0.4, -0.2) is 30.6 Å². The summed E-state index contributed by atoms with van der Waals surface area (Å²) >= 11 is 0. The van der Waals surface area contributed by atoms with Gasteiger partial charge in [-0.05, 0) is 6.07 Å². The number of amides is 1. The Morgan fingerprint density at radius 3 is 2.75 bits per heavy atom. The first kappa shape index (κ1) is 10.0. The van der Waals surface area contributed by atoms with Gasteiger partial charge in [-0.2, -0.15) is 0 Å². The maximum absolute atomic E-state index is 11.5. The van der Waals surface area contributed by atoms with Gasteiger partial charge in [0.1, 0.15) is 12.9 Å². The van der Waals surface area contributed by atoms with Gasteiger partial charge in [-0.1, -0.05) is 0 Å². The molecule has 0 aromatic carbocycles. The van der Waals surface area contributed by atoms with Gasteiger partial charge in [-0.15, -0.1) is 5.10 Å². The van der Waals surface area contributed by atoms with Crippen molar-refractivity contribution in [3.63, 3.8) is 0 Å². The van der Waals surface area contributed by atoms with Gasteiger partial charge >= 0.3 is 0 Å². The van der Waals surface area contributed by atoms with Gasteiger partial charge in [-0.25, -0.2) is 19.6 Å². The summed E-state index contributed by atoms with van der Waals surface area (Å²) in [6.07, 6.45) is 4.45. The van der Waals surface area contributed by atoms with E-state index in [2.05, 4.69) is 25.4 Å². The van der Waals surface area contributed by atoms with E-state index in [1.54, 1.807) is 6.07 Å². The summed E-state index contributed by atoms with van der Waals surface area (Å²) in [4.78, 5) is 22.9. The monoisotopic (exact) mass is 219 g/mol. The quantitative estimate of drug-likeness (QED) is 0.705. The Morgan fingerprint density at radius 1 is 1.38 bits per heavy atom. The summed E-state index contributed by atoms with van der Waals surface area (Å²) in [6, 6.07) is 1.66. The first-order valence-electron chi connectivity index (χ1n) is 4.46. The van der Waals surface area contributed by atoms with Crippen molar-refractivity contribution < 1.29 is 4.79 Å². The normalized spacial score (nSPS) is 10.0. The lowest BCUT2D eigenvalue weighted by Gasteiger charge is -2.01. The molecule has 0 spiro atoms. The van der Waals surface area contributed by atoms with Gasteiger partial charge in [0.15, 0.2) is 0 Å². The molecule has 0 radical (unpaired) electrons. The third-order valence-electron chi connectivity index (χ3n) is 1.68. The number of hydrogen-bond donors (Lipinski definition) is 2. The van der Waals surface area contributed by atoms with E-state index in [0.29, 0.717) is 0 Å². The standard InChI is InChI=1S/C8H9N7O/c9-7-12-5-15(14-7)4-6(16)13-8-10-2-1-3-11-8/h1-3,5H,4H2,(H2,9,14)(H,10,11,13,16). The van der Waals surface area contributed by atoms with Crippen molar-refractivity contribution in [1.29, 1.82) is 0 Å². The van der Waals surface area contributed by atoms with Gasteiger partial charge in [0.05, 0.1) is 0 Å². The molecule has 3 N–H and O–H groups in total. The molecule has 2 aromatic heterocycles. The summed E-state index contributed by atoms with van der Waals surface area (Å²) in [5.41, 5.74) is 5.31. The van der Waals surface area contributed by atoms with Crippen LogP contribution in [0.2, 0.25) is 0 Å². The van der Waals surface area contributed by atoms with Crippen molar-refractivity contribution in [3.8, 4) is 0 Å². The van der Waals surface area contributed by atoms with Gasteiger partial charge in [0, 0.05) is 12.4 Å². The minimum Gasteiger partial charge on any atom is -0.367 e. The van der Waals surface area contributed by atoms with Crippen LogP contribution in [0.3, 0.4) is 0 Å². The van der Waals surface area contributed by atoms with Crippen molar-refractivity contribution in [2.24, 2.45) is 0 Å². The molecule has 1 amide bonds. The molecule has 2 heterocycles. The molecule has 8 nitrogen and oxygen atoms in total. The number of nitrogens with zero attached hydrogens (tertiary/aromatic N) is 5. The van der Waals surface area contributed by atoms with Crippen molar-refractivity contribution in [3.05, 3.63) is 24.8 Å². The second kappa shape index (κ2) is 4.34. The lowest BCUT2D eigenvalue weighted by Crippen LogP contribution is -2.20. The van der Waals surface area contributed by atoms with E-state index in [9.17, 15) is 4.79 Å². The van der Waals surface area contributed by atoms with Crippen molar-refractivity contribution in [2.75, 3.05) is 11.1 Å². The highest BCUT2D eigenvalue weighted by Crippen LogP contribution is 1.95. The predicted octanol–water partition coefficient (Wildman–Crippen LogP) is -0.711. The van der Waals surface area contributed by atoms with E-state index in [4.69, 9.17) is 5.73 Å². The first-order chi connectivity index (χ1) is 7.74. The first-order valence-corrected chi connectivity index (χ1v) is 4.46. The Labute approximate surface area is 90.5 Å². The van der Waals surface area contributed by atoms with Gasteiger partial charge in [0.2, 0.25) is 17.8 Å². The highest BCUT2D eigenvalue weighted by atomic mass is 16.2. The molecule has 2 rings (SSSR count). The topological polar surface area (TPSA) is 112 Å². The molecule has 0 fully saturated rings. The van der Waals surface area contributed by atoms with E-state index in [0.717, 1.165) is 0 Å². The Kier molecular flexibility index (Phi) is 2.72. The van der Waals surface area contributed by atoms with Crippen LogP contribution in [0.15, 0.2) is 24.8 Å². The minimum absolute atomic E-state index is 0.0163. The summed E-state index contributed by atoms with van der Waals surface area (Å²) in [5, 5.41) is 6.28. The van der Waals surface area contributed by atoms with Crippen LogP contribution in [0.25, 0.3) is 0 Å². The third-order valence-corrected chi connectivity index (χ3v) is 1.68. The highest BCUT2D eigenvalue weighted by Gasteiger charge is 2.05. The maximum Gasteiger partial charge on any atom is 0.248 e. The molecule has 0 saturated heterocycles. The molecule has 2 aromatic rings. The molecule has 0 saturated carbocycles. The summed E-state index contributed by atoms with van der Waals surface area (Å²) in [7, 11) is 0. The Balaban J connectivity index is 1.95. The summed E-state index contributed by atoms with van der Waals surface area (Å²) in [6.45, 7) is 0.0163. The smallest absolute Gasteiger partial charge is 0.248 e. The fourth-order valence-electron chi connectivity index (χ4n) is 1.06. The van der Waals surface area contributed by atoms with Crippen LogP contribution in [0.5, 0.6) is 0 Å². The molecule has 0 aliphatic carbocycles. The van der Waals surface area contributed by atoms with Crippen molar-refractivity contribution in [2.45, 2.75) is 6.54 Å². The van der Waals surface area contributed by atoms with Crippen molar-refractivity contribution in [1.82, 2.24) is 24.7 Å². The SMILES string of the molecule is Nc1ncn(CC(=O)Nc2ncccn2)n1. The maximum atomic E-state index is 11.5. The molecule has 0 bridgehead atoms. The van der Waals surface area contributed by atoms with E-state index < -0.39 is 0 Å². The van der Waals surface area contributed by atoms with Gasteiger partial charge in [0.25, 0.3) is 0 Å². The van der Waals surface area contributed by atoms with Gasteiger partial charge < -0.3 is 5.73 Å². The van der Waals surface area contributed by atoms with Crippen LogP contribution in [0, 0.1) is 0 Å². The molecule has 0 atom stereocenters. The Hall–Kier alpha value is -2.51. The second-order valence-corrected chi connectivity index (χ2v) is 2.92. The number of nitrogen functional groups attached to an aromatic ring is 1.